The normalized spacial score (nSPS) is 14.6. The molecule has 1 N–H and O–H groups in total. The highest BCUT2D eigenvalue weighted by atomic mass is 19.3. The van der Waals surface area contributed by atoms with E-state index in [1.807, 2.05) is 35.2 Å². The number of aromatic nitrogens is 5. The minimum atomic E-state index is -2.86. The molecule has 1 aliphatic heterocycles. The number of methoxy groups -OCH3 is 1. The number of ether oxygens (including phenoxy) is 2. The van der Waals surface area contributed by atoms with E-state index in [1.54, 1.807) is 24.3 Å². The van der Waals surface area contributed by atoms with Crippen molar-refractivity contribution in [3.8, 4) is 5.95 Å². The zero-order valence-electron chi connectivity index (χ0n) is 20.1. The molecule has 0 unspecified atom stereocenters. The summed E-state index contributed by atoms with van der Waals surface area (Å²) in [7, 11) is 1.32. The molecule has 0 amide bonds. The minimum Gasteiger partial charge on any atom is -0.469 e. The Morgan fingerprint density at radius 2 is 1.70 bits per heavy atom. The van der Waals surface area contributed by atoms with Gasteiger partial charge in [0.2, 0.25) is 17.8 Å². The molecule has 1 fully saturated rings. The predicted octanol–water partition coefficient (Wildman–Crippen LogP) is 3.70. The number of hydrogen-bond donors (Lipinski definition) is 1. The second-order valence-corrected chi connectivity index (χ2v) is 8.34. The highest BCUT2D eigenvalue weighted by Crippen LogP contribution is 2.29. The fraction of sp³-hybridized carbons (Fsp3) is 0.320. The number of alkyl halides is 2. The van der Waals surface area contributed by atoms with Crippen LogP contribution in [0, 0.1) is 0 Å². The van der Waals surface area contributed by atoms with E-state index in [2.05, 4.69) is 25.3 Å². The number of hydrogen-bond acceptors (Lipinski definition) is 9. The molecule has 192 valence electrons. The number of para-hydroxylation sites is 2. The van der Waals surface area contributed by atoms with Gasteiger partial charge in [0.1, 0.15) is 0 Å². The molecule has 0 saturated carbocycles. The van der Waals surface area contributed by atoms with E-state index in [-0.39, 0.29) is 18.3 Å². The van der Waals surface area contributed by atoms with Crippen molar-refractivity contribution >= 4 is 28.9 Å². The Kier molecular flexibility index (Phi) is 7.17. The average molecular weight is 510 g/mol. The lowest BCUT2D eigenvalue weighted by atomic mass is 10.0. The Labute approximate surface area is 211 Å². The number of carbonyl (C=O) groups excluding carboxylic acids is 1. The van der Waals surface area contributed by atoms with Crippen LogP contribution in [-0.4, -0.2) is 63.9 Å². The standard InChI is InChI=1S/C25H25F2N7O3/c1-36-20(35)15-18(16-7-3-2-4-8-16)29-23-30-24(33-11-13-37-14-12-33)32-25(31-23)34-19-10-6-5-9-17(19)28-22(34)21(26)27/h2-10,18,21H,11-15H2,1H3,(H,29,30,31,32)/t18-/m1/s1. The summed E-state index contributed by atoms with van der Waals surface area (Å²) >= 11 is 0. The third-order valence-electron chi connectivity index (χ3n) is 5.99. The summed E-state index contributed by atoms with van der Waals surface area (Å²) in [4.78, 5) is 31.9. The zero-order valence-corrected chi connectivity index (χ0v) is 20.1. The van der Waals surface area contributed by atoms with Gasteiger partial charge in [-0.25, -0.2) is 13.8 Å². The number of rotatable bonds is 8. The summed E-state index contributed by atoms with van der Waals surface area (Å²) in [6.45, 7) is 2.02. The number of benzene rings is 2. The van der Waals surface area contributed by atoms with Gasteiger partial charge >= 0.3 is 5.97 Å². The molecule has 0 bridgehead atoms. The van der Waals surface area contributed by atoms with Crippen molar-refractivity contribution in [3.63, 3.8) is 0 Å². The van der Waals surface area contributed by atoms with E-state index in [4.69, 9.17) is 9.47 Å². The molecule has 4 aromatic rings. The van der Waals surface area contributed by atoms with Gasteiger partial charge in [-0.05, 0) is 17.7 Å². The van der Waals surface area contributed by atoms with E-state index in [0.717, 1.165) is 5.56 Å². The van der Waals surface area contributed by atoms with E-state index >= 15 is 0 Å². The van der Waals surface area contributed by atoms with Crippen LogP contribution in [0.2, 0.25) is 0 Å². The first-order chi connectivity index (χ1) is 18.0. The summed E-state index contributed by atoms with van der Waals surface area (Å²) in [5.74, 6) is -0.473. The number of esters is 1. The minimum absolute atomic E-state index is 0.00467. The summed E-state index contributed by atoms with van der Waals surface area (Å²) < 4.78 is 39.7. The van der Waals surface area contributed by atoms with Gasteiger partial charge in [-0.2, -0.15) is 15.0 Å². The molecule has 5 rings (SSSR count). The Hall–Kier alpha value is -4.19. The Morgan fingerprint density at radius 1 is 1.00 bits per heavy atom. The molecule has 2 aromatic heterocycles. The lowest BCUT2D eigenvalue weighted by Crippen LogP contribution is -2.37. The zero-order chi connectivity index (χ0) is 25.8. The Bertz CT molecular complexity index is 1380. The summed E-state index contributed by atoms with van der Waals surface area (Å²) in [6, 6.07) is 15.6. The molecular formula is C25H25F2N7O3. The number of carbonyl (C=O) groups is 1. The lowest BCUT2D eigenvalue weighted by molar-refractivity contribution is -0.140. The molecule has 12 heteroatoms. The van der Waals surface area contributed by atoms with Crippen LogP contribution in [0.1, 0.15) is 30.3 Å². The molecule has 2 aromatic carbocycles. The van der Waals surface area contributed by atoms with Crippen molar-refractivity contribution in [3.05, 3.63) is 66.0 Å². The quantitative estimate of drug-likeness (QED) is 0.356. The van der Waals surface area contributed by atoms with Gasteiger partial charge in [-0.1, -0.05) is 42.5 Å². The Balaban J connectivity index is 1.63. The third-order valence-corrected chi connectivity index (χ3v) is 5.99. The van der Waals surface area contributed by atoms with Crippen LogP contribution in [0.15, 0.2) is 54.6 Å². The van der Waals surface area contributed by atoms with E-state index < -0.39 is 24.3 Å². The van der Waals surface area contributed by atoms with Gasteiger partial charge in [0, 0.05) is 13.1 Å². The number of nitrogens with zero attached hydrogens (tertiary/aromatic N) is 6. The third kappa shape index (κ3) is 5.33. The maximum Gasteiger partial charge on any atom is 0.307 e. The van der Waals surface area contributed by atoms with Crippen LogP contribution in [-0.2, 0) is 14.3 Å². The van der Waals surface area contributed by atoms with Gasteiger partial charge in [0.15, 0.2) is 5.82 Å². The molecule has 0 spiro atoms. The average Bonchev–Trinajstić information content (AvgIpc) is 3.34. The Morgan fingerprint density at radius 3 is 2.43 bits per heavy atom. The molecule has 37 heavy (non-hydrogen) atoms. The number of imidazole rings is 1. The molecule has 3 heterocycles. The van der Waals surface area contributed by atoms with Crippen LogP contribution < -0.4 is 10.2 Å². The van der Waals surface area contributed by atoms with Crippen molar-refractivity contribution in [2.24, 2.45) is 0 Å². The molecule has 1 aliphatic rings. The lowest BCUT2D eigenvalue weighted by Gasteiger charge is -2.27. The number of anilines is 2. The van der Waals surface area contributed by atoms with Crippen LogP contribution in [0.3, 0.4) is 0 Å². The summed E-state index contributed by atoms with van der Waals surface area (Å²) in [5, 5.41) is 3.20. The van der Waals surface area contributed by atoms with Crippen molar-refractivity contribution in [1.29, 1.82) is 0 Å². The van der Waals surface area contributed by atoms with Crippen LogP contribution >= 0.6 is 0 Å². The molecule has 1 saturated heterocycles. The van der Waals surface area contributed by atoms with Crippen LogP contribution in [0.25, 0.3) is 17.0 Å². The van der Waals surface area contributed by atoms with E-state index in [1.165, 1.54) is 11.7 Å². The highest BCUT2D eigenvalue weighted by molar-refractivity contribution is 5.77. The van der Waals surface area contributed by atoms with Crippen molar-refractivity contribution in [1.82, 2.24) is 24.5 Å². The number of morpholine rings is 1. The van der Waals surface area contributed by atoms with Crippen molar-refractivity contribution in [2.75, 3.05) is 43.6 Å². The number of halogens is 2. The van der Waals surface area contributed by atoms with E-state index in [0.29, 0.717) is 43.3 Å². The number of nitrogens with one attached hydrogen (secondary N) is 1. The highest BCUT2D eigenvalue weighted by Gasteiger charge is 2.25. The van der Waals surface area contributed by atoms with Gasteiger partial charge in [0.25, 0.3) is 6.43 Å². The van der Waals surface area contributed by atoms with Gasteiger partial charge in [-0.3, -0.25) is 9.36 Å². The van der Waals surface area contributed by atoms with Gasteiger partial charge in [0.05, 0.1) is 43.8 Å². The first-order valence-electron chi connectivity index (χ1n) is 11.8. The maximum atomic E-state index is 14.1. The fourth-order valence-electron chi connectivity index (χ4n) is 4.17. The van der Waals surface area contributed by atoms with Crippen molar-refractivity contribution < 1.29 is 23.0 Å². The number of fused-ring (bicyclic) bond motifs is 1. The monoisotopic (exact) mass is 509 g/mol. The largest absolute Gasteiger partial charge is 0.469 e. The smallest absolute Gasteiger partial charge is 0.307 e. The first-order valence-corrected chi connectivity index (χ1v) is 11.8. The summed E-state index contributed by atoms with van der Waals surface area (Å²) in [6.07, 6.45) is -2.85. The SMILES string of the molecule is COC(=O)C[C@@H](Nc1nc(N2CCOCC2)nc(-n2c(C(F)F)nc3ccccc32)n1)c1ccccc1. The summed E-state index contributed by atoms with van der Waals surface area (Å²) in [5.41, 5.74) is 1.65. The second kappa shape index (κ2) is 10.8. The van der Waals surface area contributed by atoms with E-state index in [9.17, 15) is 13.6 Å². The maximum absolute atomic E-state index is 14.1. The molecule has 1 atom stereocenters. The first kappa shape index (κ1) is 24.5. The fourth-order valence-corrected chi connectivity index (χ4v) is 4.17. The molecule has 0 aliphatic carbocycles. The molecule has 0 radical (unpaired) electrons. The molecular weight excluding hydrogens is 484 g/mol. The van der Waals surface area contributed by atoms with Gasteiger partial charge in [-0.15, -0.1) is 0 Å². The van der Waals surface area contributed by atoms with Gasteiger partial charge < -0.3 is 19.7 Å². The topological polar surface area (TPSA) is 107 Å². The van der Waals surface area contributed by atoms with Crippen LogP contribution in [0.5, 0.6) is 0 Å². The van der Waals surface area contributed by atoms with Crippen LogP contribution in [0.4, 0.5) is 20.7 Å². The second-order valence-electron chi connectivity index (χ2n) is 8.34. The molecule has 10 nitrogen and oxygen atoms in total. The van der Waals surface area contributed by atoms with Crippen molar-refractivity contribution in [2.45, 2.75) is 18.9 Å². The predicted molar refractivity (Wildman–Crippen MR) is 132 cm³/mol.